The third kappa shape index (κ3) is 5.81. The average molecular weight is 499 g/mol. The van der Waals surface area contributed by atoms with Crippen molar-refractivity contribution >= 4 is 50.4 Å². The van der Waals surface area contributed by atoms with Gasteiger partial charge in [-0.3, -0.25) is 9.52 Å². The predicted molar refractivity (Wildman–Crippen MR) is 132 cm³/mol. The molecule has 4 aromatic rings. The van der Waals surface area contributed by atoms with Crippen LogP contribution in [0.1, 0.15) is 10.8 Å². The van der Waals surface area contributed by atoms with E-state index in [0.717, 1.165) is 21.8 Å². The van der Waals surface area contributed by atoms with Crippen molar-refractivity contribution in [2.45, 2.75) is 14.4 Å². The molecule has 1 unspecified atom stereocenters. The maximum absolute atomic E-state index is 14.0. The molecule has 4 rings (SSSR count). The molecule has 0 radical (unpaired) electrons. The molecule has 0 bridgehead atoms. The number of nitrogens with one attached hydrogen (secondary N) is 2. The number of halogens is 1. The van der Waals surface area contributed by atoms with E-state index in [9.17, 15) is 17.6 Å². The van der Waals surface area contributed by atoms with E-state index in [4.69, 9.17) is 0 Å². The number of para-hydroxylation sites is 1. The van der Waals surface area contributed by atoms with Gasteiger partial charge in [0.15, 0.2) is 0 Å². The van der Waals surface area contributed by atoms with Crippen LogP contribution in [0, 0.1) is 5.82 Å². The Morgan fingerprint density at radius 2 is 1.58 bits per heavy atom. The van der Waals surface area contributed by atoms with Crippen molar-refractivity contribution in [3.8, 4) is 0 Å². The van der Waals surface area contributed by atoms with Crippen LogP contribution in [0.5, 0.6) is 0 Å². The molecule has 1 aromatic heterocycles. The van der Waals surface area contributed by atoms with Gasteiger partial charge in [0.05, 0.1) is 5.69 Å². The molecule has 0 fully saturated rings. The van der Waals surface area contributed by atoms with Crippen LogP contribution >= 0.6 is 23.1 Å². The van der Waals surface area contributed by atoms with Crippen LogP contribution in [0.15, 0.2) is 105 Å². The van der Waals surface area contributed by atoms with Crippen LogP contribution in [0.4, 0.5) is 15.8 Å². The van der Waals surface area contributed by atoms with Gasteiger partial charge in [0.2, 0.25) is 5.91 Å². The molecule has 5 nitrogen and oxygen atoms in total. The molecule has 0 aliphatic heterocycles. The highest BCUT2D eigenvalue weighted by molar-refractivity contribution is 8.00. The largest absolute Gasteiger partial charge is 0.322 e. The number of hydrogen-bond acceptors (Lipinski definition) is 5. The third-order valence-corrected chi connectivity index (χ3v) is 8.64. The van der Waals surface area contributed by atoms with Crippen LogP contribution in [0.3, 0.4) is 0 Å². The molecule has 168 valence electrons. The fourth-order valence-corrected chi connectivity index (χ4v) is 6.10. The van der Waals surface area contributed by atoms with Crippen molar-refractivity contribution in [2.24, 2.45) is 0 Å². The lowest BCUT2D eigenvalue weighted by Crippen LogP contribution is -2.19. The summed E-state index contributed by atoms with van der Waals surface area (Å²) in [6.07, 6.45) is 0. The minimum absolute atomic E-state index is 0.113. The number of rotatable bonds is 8. The number of thiophene rings is 1. The van der Waals surface area contributed by atoms with Gasteiger partial charge in [0, 0.05) is 10.6 Å². The third-order valence-electron chi connectivity index (χ3n) is 4.59. The van der Waals surface area contributed by atoms with Gasteiger partial charge in [0.25, 0.3) is 10.0 Å². The first-order valence-electron chi connectivity index (χ1n) is 9.86. The van der Waals surface area contributed by atoms with E-state index in [1.54, 1.807) is 47.8 Å². The Labute approximate surface area is 199 Å². The Balaban J connectivity index is 1.53. The standard InChI is InChI=1S/C24H19FN2O3S3/c25-20-9-4-5-10-21(20)26-24(28)23(17-7-2-1-3-8-17)32-19-14-12-18(13-15-19)27-33(29,30)22-11-6-16-31-22/h1-16,23,27H,(H,26,28). The molecule has 1 heterocycles. The SMILES string of the molecule is O=C(Nc1ccccc1F)C(Sc1ccc(NS(=O)(=O)c2cccs2)cc1)c1ccccc1. The molecule has 0 spiro atoms. The number of anilines is 2. The quantitative estimate of drug-likeness (QED) is 0.285. The Bertz CT molecular complexity index is 1330. The average Bonchev–Trinajstić information content (AvgIpc) is 3.37. The molecule has 0 aliphatic carbocycles. The van der Waals surface area contributed by atoms with E-state index >= 15 is 0 Å². The molecule has 9 heteroatoms. The predicted octanol–water partition coefficient (Wildman–Crippen LogP) is 6.16. The van der Waals surface area contributed by atoms with E-state index in [1.165, 1.54) is 30.0 Å². The minimum Gasteiger partial charge on any atom is -0.322 e. The van der Waals surface area contributed by atoms with Crippen LogP contribution in [-0.4, -0.2) is 14.3 Å². The second kappa shape index (κ2) is 10.2. The van der Waals surface area contributed by atoms with Crippen molar-refractivity contribution in [1.29, 1.82) is 0 Å². The summed E-state index contributed by atoms with van der Waals surface area (Å²) in [7, 11) is -3.64. The fourth-order valence-electron chi connectivity index (χ4n) is 3.02. The van der Waals surface area contributed by atoms with E-state index < -0.39 is 21.1 Å². The Morgan fingerprint density at radius 1 is 0.879 bits per heavy atom. The molecule has 33 heavy (non-hydrogen) atoms. The zero-order chi connectivity index (χ0) is 23.3. The van der Waals surface area contributed by atoms with Crippen molar-refractivity contribution in [1.82, 2.24) is 0 Å². The van der Waals surface area contributed by atoms with Gasteiger partial charge in [-0.2, -0.15) is 0 Å². The summed E-state index contributed by atoms with van der Waals surface area (Å²) in [5.74, 6) is -0.871. The highest BCUT2D eigenvalue weighted by Gasteiger charge is 2.23. The van der Waals surface area contributed by atoms with Crippen molar-refractivity contribution < 1.29 is 17.6 Å². The lowest BCUT2D eigenvalue weighted by atomic mass is 10.1. The van der Waals surface area contributed by atoms with Gasteiger partial charge in [-0.15, -0.1) is 23.1 Å². The molecule has 3 aromatic carbocycles. The van der Waals surface area contributed by atoms with Crippen LogP contribution in [0.2, 0.25) is 0 Å². The number of amides is 1. The normalized spacial score (nSPS) is 12.2. The van der Waals surface area contributed by atoms with Gasteiger partial charge < -0.3 is 5.32 Å². The van der Waals surface area contributed by atoms with Gasteiger partial charge in [-0.05, 0) is 53.4 Å². The van der Waals surface area contributed by atoms with Crippen LogP contribution in [0.25, 0.3) is 0 Å². The number of carbonyl (C=O) groups is 1. The summed E-state index contributed by atoms with van der Waals surface area (Å²) in [6, 6.07) is 25.2. The highest BCUT2D eigenvalue weighted by Crippen LogP contribution is 2.37. The number of thioether (sulfide) groups is 1. The Kier molecular flexibility index (Phi) is 7.12. The zero-order valence-electron chi connectivity index (χ0n) is 17.1. The first kappa shape index (κ1) is 23.0. The van der Waals surface area contributed by atoms with Gasteiger partial charge in [-0.1, -0.05) is 48.5 Å². The molecule has 2 N–H and O–H groups in total. The van der Waals surface area contributed by atoms with Crippen LogP contribution in [-0.2, 0) is 14.8 Å². The van der Waals surface area contributed by atoms with Gasteiger partial charge >= 0.3 is 0 Å². The minimum atomic E-state index is -3.64. The smallest absolute Gasteiger partial charge is 0.271 e. The van der Waals surface area contributed by atoms with E-state index in [-0.39, 0.29) is 15.8 Å². The topological polar surface area (TPSA) is 75.3 Å². The second-order valence-corrected chi connectivity index (χ2v) is 11.0. The van der Waals surface area contributed by atoms with E-state index in [0.29, 0.717) is 5.69 Å². The van der Waals surface area contributed by atoms with Crippen molar-refractivity contribution in [3.63, 3.8) is 0 Å². The fraction of sp³-hybridized carbons (Fsp3) is 0.0417. The van der Waals surface area contributed by atoms with Crippen molar-refractivity contribution in [3.05, 3.63) is 108 Å². The monoisotopic (exact) mass is 498 g/mol. The number of hydrogen-bond donors (Lipinski definition) is 2. The molecule has 0 saturated heterocycles. The lowest BCUT2D eigenvalue weighted by molar-refractivity contribution is -0.115. The lowest BCUT2D eigenvalue weighted by Gasteiger charge is -2.17. The summed E-state index contributed by atoms with van der Waals surface area (Å²) < 4.78 is 41.6. The maximum atomic E-state index is 14.0. The van der Waals surface area contributed by atoms with Gasteiger partial charge in [0.1, 0.15) is 15.3 Å². The first-order chi connectivity index (χ1) is 15.9. The van der Waals surface area contributed by atoms with Crippen molar-refractivity contribution in [2.75, 3.05) is 10.0 Å². The Morgan fingerprint density at radius 3 is 2.24 bits per heavy atom. The Hall–Kier alpha value is -3.14. The molecule has 0 saturated carbocycles. The second-order valence-electron chi connectivity index (χ2n) is 6.94. The summed E-state index contributed by atoms with van der Waals surface area (Å²) in [6.45, 7) is 0. The summed E-state index contributed by atoms with van der Waals surface area (Å²) in [5, 5.41) is 3.72. The molecule has 1 amide bonds. The number of sulfonamides is 1. The maximum Gasteiger partial charge on any atom is 0.271 e. The summed E-state index contributed by atoms with van der Waals surface area (Å²) >= 11 is 2.43. The van der Waals surface area contributed by atoms with E-state index in [1.807, 2.05) is 30.3 Å². The summed E-state index contributed by atoms with van der Waals surface area (Å²) in [5.41, 5.74) is 1.29. The number of benzene rings is 3. The first-order valence-corrected chi connectivity index (χ1v) is 13.1. The summed E-state index contributed by atoms with van der Waals surface area (Å²) in [4.78, 5) is 13.8. The number of carbonyl (C=O) groups excluding carboxylic acids is 1. The van der Waals surface area contributed by atoms with E-state index in [2.05, 4.69) is 10.0 Å². The molecule has 0 aliphatic rings. The molecule has 1 atom stereocenters. The van der Waals surface area contributed by atoms with Gasteiger partial charge in [-0.25, -0.2) is 12.8 Å². The van der Waals surface area contributed by atoms with Crippen LogP contribution < -0.4 is 10.0 Å². The zero-order valence-corrected chi connectivity index (χ0v) is 19.6. The molecular weight excluding hydrogens is 479 g/mol. The molecular formula is C24H19FN2O3S3. The highest BCUT2D eigenvalue weighted by atomic mass is 32.2.